The Kier molecular flexibility index (Phi) is 5.87. The Bertz CT molecular complexity index is 1070. The molecule has 0 unspecified atom stereocenters. The summed E-state index contributed by atoms with van der Waals surface area (Å²) in [4.78, 5) is 40.7. The van der Waals surface area contributed by atoms with Crippen LogP contribution in [0.25, 0.3) is 10.2 Å². The number of rotatable bonds is 6. The zero-order valence-corrected chi connectivity index (χ0v) is 18.6. The van der Waals surface area contributed by atoms with Gasteiger partial charge in [-0.25, -0.2) is 4.79 Å². The summed E-state index contributed by atoms with van der Waals surface area (Å²) in [6, 6.07) is 0. The van der Waals surface area contributed by atoms with E-state index in [1.165, 1.54) is 11.3 Å². The van der Waals surface area contributed by atoms with Gasteiger partial charge in [-0.15, -0.1) is 11.3 Å². The van der Waals surface area contributed by atoms with E-state index in [1.807, 2.05) is 20.8 Å². The highest BCUT2D eigenvalue weighted by atomic mass is 32.1. The molecule has 8 nitrogen and oxygen atoms in total. The maximum absolute atomic E-state index is 13.4. The molecule has 0 bridgehead atoms. The molecule has 2 aliphatic rings. The summed E-state index contributed by atoms with van der Waals surface area (Å²) in [5.74, 6) is -0.347. The fourth-order valence-electron chi connectivity index (χ4n) is 4.20. The molecule has 9 heteroatoms. The number of aromatic nitrogens is 2. The summed E-state index contributed by atoms with van der Waals surface area (Å²) in [6.07, 6.45) is 3.27. The normalized spacial score (nSPS) is 20.4. The molecular formula is C21H29N3O5S. The first kappa shape index (κ1) is 21.3. The van der Waals surface area contributed by atoms with Crippen molar-refractivity contribution in [2.45, 2.75) is 77.9 Å². The second kappa shape index (κ2) is 8.28. The van der Waals surface area contributed by atoms with Crippen molar-refractivity contribution in [1.29, 1.82) is 0 Å². The Morgan fingerprint density at radius 1 is 1.30 bits per heavy atom. The summed E-state index contributed by atoms with van der Waals surface area (Å²) >= 11 is 1.46. The number of fused-ring (bicyclic) bond motifs is 3. The SMILES string of the molecule is CCCn1c(=O)n(CC(=O)NC[C@H]2CCCO2)c(=O)c2c3c(sc21)COC(C)(C)C3. The third-order valence-electron chi connectivity index (χ3n) is 5.73. The standard InChI is InChI=1S/C21H29N3O5S/c1-4-7-23-19-17(14-9-21(2,3)29-12-15(14)30-19)18(26)24(20(23)27)11-16(25)22-10-13-6-5-8-28-13/h13H,4-12H2,1-3H3,(H,22,25)/t13-/m1/s1. The monoisotopic (exact) mass is 435 g/mol. The molecule has 1 fully saturated rings. The average molecular weight is 436 g/mol. The van der Waals surface area contributed by atoms with Crippen molar-refractivity contribution < 1.29 is 14.3 Å². The number of amides is 1. The molecule has 0 aromatic carbocycles. The largest absolute Gasteiger partial charge is 0.376 e. The van der Waals surface area contributed by atoms with Gasteiger partial charge in [0.15, 0.2) is 0 Å². The van der Waals surface area contributed by atoms with Crippen LogP contribution in [0.15, 0.2) is 9.59 Å². The molecule has 1 amide bonds. The van der Waals surface area contributed by atoms with E-state index in [0.717, 1.165) is 34.3 Å². The number of nitrogens with zero attached hydrogens (tertiary/aromatic N) is 2. The van der Waals surface area contributed by atoms with Crippen molar-refractivity contribution in [2.75, 3.05) is 13.2 Å². The molecule has 1 saturated heterocycles. The maximum Gasteiger partial charge on any atom is 0.332 e. The highest BCUT2D eigenvalue weighted by Crippen LogP contribution is 2.37. The number of hydrogen-bond acceptors (Lipinski definition) is 6. The lowest BCUT2D eigenvalue weighted by atomic mass is 9.94. The Balaban J connectivity index is 1.73. The molecule has 0 spiro atoms. The topological polar surface area (TPSA) is 91.6 Å². The molecule has 0 radical (unpaired) electrons. The van der Waals surface area contributed by atoms with Gasteiger partial charge < -0.3 is 14.8 Å². The van der Waals surface area contributed by atoms with E-state index in [-0.39, 0.29) is 29.7 Å². The van der Waals surface area contributed by atoms with Crippen LogP contribution >= 0.6 is 11.3 Å². The van der Waals surface area contributed by atoms with Crippen molar-refractivity contribution >= 4 is 27.5 Å². The number of carbonyl (C=O) groups is 1. The van der Waals surface area contributed by atoms with E-state index in [4.69, 9.17) is 9.47 Å². The van der Waals surface area contributed by atoms with E-state index in [2.05, 4.69) is 5.32 Å². The summed E-state index contributed by atoms with van der Waals surface area (Å²) in [5, 5.41) is 3.37. The summed E-state index contributed by atoms with van der Waals surface area (Å²) < 4.78 is 14.1. The van der Waals surface area contributed by atoms with Gasteiger partial charge in [0, 0.05) is 31.0 Å². The van der Waals surface area contributed by atoms with Gasteiger partial charge in [-0.3, -0.25) is 18.7 Å². The van der Waals surface area contributed by atoms with Gasteiger partial charge in [0.2, 0.25) is 5.91 Å². The molecule has 1 N–H and O–H groups in total. The predicted octanol–water partition coefficient (Wildman–Crippen LogP) is 1.78. The summed E-state index contributed by atoms with van der Waals surface area (Å²) in [5.41, 5.74) is -0.234. The second-order valence-corrected chi connectivity index (χ2v) is 9.76. The average Bonchev–Trinajstić information content (AvgIpc) is 3.33. The van der Waals surface area contributed by atoms with Crippen LogP contribution in [0.4, 0.5) is 0 Å². The smallest absolute Gasteiger partial charge is 0.332 e. The van der Waals surface area contributed by atoms with Crippen LogP contribution in [-0.2, 0) is 40.4 Å². The van der Waals surface area contributed by atoms with Gasteiger partial charge in [-0.1, -0.05) is 6.92 Å². The van der Waals surface area contributed by atoms with Crippen LogP contribution < -0.4 is 16.6 Å². The first-order chi connectivity index (χ1) is 14.3. The van der Waals surface area contributed by atoms with Crippen molar-refractivity contribution in [3.8, 4) is 0 Å². The number of carbonyl (C=O) groups excluding carboxylic acids is 1. The number of hydrogen-bond donors (Lipinski definition) is 1. The van der Waals surface area contributed by atoms with Gasteiger partial charge in [0.25, 0.3) is 5.56 Å². The number of aryl methyl sites for hydroxylation is 1. The zero-order chi connectivity index (χ0) is 21.5. The number of ether oxygens (including phenoxy) is 2. The molecule has 164 valence electrons. The van der Waals surface area contributed by atoms with Crippen LogP contribution in [0, 0.1) is 0 Å². The van der Waals surface area contributed by atoms with E-state index >= 15 is 0 Å². The van der Waals surface area contributed by atoms with Gasteiger partial charge in [0.05, 0.1) is 23.7 Å². The fourth-order valence-corrected chi connectivity index (χ4v) is 5.44. The fraction of sp³-hybridized carbons (Fsp3) is 0.667. The third-order valence-corrected chi connectivity index (χ3v) is 6.96. The predicted molar refractivity (Wildman–Crippen MR) is 115 cm³/mol. The lowest BCUT2D eigenvalue weighted by Gasteiger charge is -2.29. The molecule has 2 aromatic rings. The molecule has 0 saturated carbocycles. The Morgan fingerprint density at radius 3 is 2.80 bits per heavy atom. The Labute approximate surface area is 178 Å². The van der Waals surface area contributed by atoms with E-state index in [9.17, 15) is 14.4 Å². The number of thiophene rings is 1. The van der Waals surface area contributed by atoms with Crippen molar-refractivity contribution in [1.82, 2.24) is 14.5 Å². The minimum absolute atomic E-state index is 0.0102. The summed E-state index contributed by atoms with van der Waals surface area (Å²) in [6.45, 7) is 7.74. The third kappa shape index (κ3) is 3.98. The van der Waals surface area contributed by atoms with Crippen molar-refractivity contribution in [2.24, 2.45) is 0 Å². The van der Waals surface area contributed by atoms with Crippen molar-refractivity contribution in [3.63, 3.8) is 0 Å². The first-order valence-electron chi connectivity index (χ1n) is 10.6. The highest BCUT2D eigenvalue weighted by Gasteiger charge is 2.32. The van der Waals surface area contributed by atoms with E-state index in [1.54, 1.807) is 4.57 Å². The molecule has 4 heterocycles. The quantitative estimate of drug-likeness (QED) is 0.747. The van der Waals surface area contributed by atoms with Crippen LogP contribution in [0.3, 0.4) is 0 Å². The molecule has 2 aliphatic heterocycles. The molecule has 1 atom stereocenters. The molecular weight excluding hydrogens is 406 g/mol. The van der Waals surface area contributed by atoms with Crippen LogP contribution in [-0.4, -0.2) is 39.9 Å². The van der Waals surface area contributed by atoms with Gasteiger partial charge in [0.1, 0.15) is 11.4 Å². The van der Waals surface area contributed by atoms with Gasteiger partial charge in [-0.2, -0.15) is 0 Å². The highest BCUT2D eigenvalue weighted by molar-refractivity contribution is 7.18. The van der Waals surface area contributed by atoms with Crippen LogP contribution in [0.2, 0.25) is 0 Å². The van der Waals surface area contributed by atoms with E-state index < -0.39 is 5.69 Å². The molecule has 0 aliphatic carbocycles. The van der Waals surface area contributed by atoms with Crippen molar-refractivity contribution in [3.05, 3.63) is 31.3 Å². The Hall–Kier alpha value is -1.97. The summed E-state index contributed by atoms with van der Waals surface area (Å²) in [7, 11) is 0. The minimum atomic E-state index is -0.430. The van der Waals surface area contributed by atoms with E-state index in [0.29, 0.717) is 42.9 Å². The molecule has 30 heavy (non-hydrogen) atoms. The molecule has 2 aromatic heterocycles. The lowest BCUT2D eigenvalue weighted by Crippen LogP contribution is -2.45. The van der Waals surface area contributed by atoms with Crippen LogP contribution in [0.5, 0.6) is 0 Å². The van der Waals surface area contributed by atoms with Gasteiger partial charge in [-0.05, 0) is 38.7 Å². The van der Waals surface area contributed by atoms with Crippen LogP contribution in [0.1, 0.15) is 50.5 Å². The maximum atomic E-state index is 13.4. The zero-order valence-electron chi connectivity index (χ0n) is 17.8. The first-order valence-corrected chi connectivity index (χ1v) is 11.4. The number of nitrogens with one attached hydrogen (secondary N) is 1. The second-order valence-electron chi connectivity index (χ2n) is 8.67. The lowest BCUT2D eigenvalue weighted by molar-refractivity contribution is -0.122. The van der Waals surface area contributed by atoms with Gasteiger partial charge >= 0.3 is 5.69 Å². The Morgan fingerprint density at radius 2 is 2.10 bits per heavy atom. The molecule has 4 rings (SSSR count). The minimum Gasteiger partial charge on any atom is -0.376 e.